The zero-order valence-corrected chi connectivity index (χ0v) is 24.4. The van der Waals surface area contributed by atoms with Crippen molar-refractivity contribution in [3.8, 4) is 0 Å². The van der Waals surface area contributed by atoms with Gasteiger partial charge in [-0.1, -0.05) is 116 Å². The molecule has 4 rings (SSSR count). The first-order valence-electron chi connectivity index (χ1n) is 13.6. The molecule has 8 atom stereocenters. The summed E-state index contributed by atoms with van der Waals surface area (Å²) in [4.78, 5) is 0. The van der Waals surface area contributed by atoms with Crippen LogP contribution in [-0.4, -0.2) is 34.7 Å². The molecule has 0 aromatic heterocycles. The number of rotatable bonds is 6. The van der Waals surface area contributed by atoms with Crippen LogP contribution >= 0.6 is 30.4 Å². The van der Waals surface area contributed by atoms with E-state index >= 15 is 0 Å². The van der Waals surface area contributed by atoms with E-state index in [1.807, 2.05) is 0 Å². The monoisotopic (exact) mass is 536 g/mol. The summed E-state index contributed by atoms with van der Waals surface area (Å²) in [5, 5.41) is 12.6. The molecule has 0 heterocycles. The molecule has 32 heavy (non-hydrogen) atoms. The maximum absolute atomic E-state index is 5.52. The van der Waals surface area contributed by atoms with Crippen molar-refractivity contribution in [2.75, 3.05) is 0 Å². The molecule has 0 radical (unpaired) electrons. The number of halogens is 2. The second-order valence-corrected chi connectivity index (χ2v) is 15.0. The van der Waals surface area contributed by atoms with Crippen LogP contribution < -0.4 is 0 Å². The van der Waals surface area contributed by atoms with Crippen molar-refractivity contribution in [3.05, 3.63) is 10.6 Å². The van der Waals surface area contributed by atoms with E-state index in [1.165, 1.54) is 103 Å². The summed E-state index contributed by atoms with van der Waals surface area (Å²) in [6.45, 7) is 4.92. The van der Waals surface area contributed by atoms with E-state index in [1.54, 1.807) is 0 Å². The Labute approximate surface area is 219 Å². The SMILES string of the molecule is CC1CCCCC1[N-]C1CCCCC1SC1CCCCC1[N-]C1CCCCC1C.[Cl][Ti][Cl]. The minimum atomic E-state index is -0.556. The molecule has 0 N–H and O–H groups in total. The van der Waals surface area contributed by atoms with Crippen LogP contribution in [0.4, 0.5) is 0 Å². The molecule has 0 saturated heterocycles. The van der Waals surface area contributed by atoms with E-state index in [9.17, 15) is 0 Å². The predicted octanol–water partition coefficient (Wildman–Crippen LogP) is 9.62. The molecule has 0 spiro atoms. The average Bonchev–Trinajstić information content (AvgIpc) is 2.80. The van der Waals surface area contributed by atoms with Crippen molar-refractivity contribution in [1.82, 2.24) is 0 Å². The van der Waals surface area contributed by atoms with Gasteiger partial charge in [0.25, 0.3) is 0 Å². The minimum absolute atomic E-state index is 0.556. The van der Waals surface area contributed by atoms with Gasteiger partial charge in [0.2, 0.25) is 0 Å². The summed E-state index contributed by atoms with van der Waals surface area (Å²) in [5.74, 6) is 1.64. The average molecular weight is 538 g/mol. The van der Waals surface area contributed by atoms with E-state index in [-0.39, 0.29) is 0 Å². The van der Waals surface area contributed by atoms with Gasteiger partial charge < -0.3 is 10.6 Å². The van der Waals surface area contributed by atoms with Crippen molar-refractivity contribution in [1.29, 1.82) is 0 Å². The summed E-state index contributed by atoms with van der Waals surface area (Å²) in [5.41, 5.74) is 0. The van der Waals surface area contributed by atoms with Crippen molar-refractivity contribution in [2.24, 2.45) is 11.8 Å². The predicted molar refractivity (Wildman–Crippen MR) is 141 cm³/mol. The first kappa shape index (κ1) is 28.1. The van der Waals surface area contributed by atoms with Crippen LogP contribution in [0.25, 0.3) is 10.6 Å². The third-order valence-electron chi connectivity index (χ3n) is 8.58. The van der Waals surface area contributed by atoms with E-state index < -0.39 is 17.0 Å². The van der Waals surface area contributed by atoms with Gasteiger partial charge in [-0.05, 0) is 23.3 Å². The molecule has 186 valence electrons. The molecule has 4 fully saturated rings. The third kappa shape index (κ3) is 8.90. The molecule has 0 aliphatic heterocycles. The summed E-state index contributed by atoms with van der Waals surface area (Å²) in [6.07, 6.45) is 22.4. The molecule has 0 aromatic rings. The van der Waals surface area contributed by atoms with Crippen molar-refractivity contribution < 1.29 is 17.0 Å². The normalized spacial score (nSPS) is 40.8. The second-order valence-electron chi connectivity index (χ2n) is 10.9. The summed E-state index contributed by atoms with van der Waals surface area (Å²) < 4.78 is 0. The number of hydrogen-bond donors (Lipinski definition) is 0. The van der Waals surface area contributed by atoms with E-state index in [0.29, 0.717) is 24.2 Å². The second kappa shape index (κ2) is 15.6. The van der Waals surface area contributed by atoms with Gasteiger partial charge in [0.05, 0.1) is 0 Å². The molecule has 0 aromatic carbocycles. The van der Waals surface area contributed by atoms with E-state index in [4.69, 9.17) is 29.2 Å². The van der Waals surface area contributed by atoms with Crippen molar-refractivity contribution in [3.63, 3.8) is 0 Å². The van der Waals surface area contributed by atoms with Gasteiger partial charge in [-0.2, -0.15) is 11.8 Å². The number of thioether (sulfide) groups is 1. The van der Waals surface area contributed by atoms with Crippen LogP contribution in [0.2, 0.25) is 0 Å². The van der Waals surface area contributed by atoms with Crippen LogP contribution in [0.3, 0.4) is 0 Å². The van der Waals surface area contributed by atoms with E-state index in [0.717, 1.165) is 22.3 Å². The topological polar surface area (TPSA) is 28.2 Å². The Kier molecular flexibility index (Phi) is 13.7. The molecule has 4 aliphatic rings. The quantitative estimate of drug-likeness (QED) is 0.310. The number of hydrogen-bond acceptors (Lipinski definition) is 1. The van der Waals surface area contributed by atoms with Crippen molar-refractivity contribution in [2.45, 2.75) is 151 Å². The van der Waals surface area contributed by atoms with Crippen LogP contribution in [0.15, 0.2) is 0 Å². The van der Waals surface area contributed by atoms with Crippen LogP contribution in [-0.2, 0) is 17.0 Å². The fourth-order valence-electron chi connectivity index (χ4n) is 6.57. The van der Waals surface area contributed by atoms with Gasteiger partial charge >= 0.3 is 35.6 Å². The molecule has 0 bridgehead atoms. The van der Waals surface area contributed by atoms with Gasteiger partial charge in [-0.15, -0.1) is 24.2 Å². The Bertz CT molecular complexity index is 472. The summed E-state index contributed by atoms with van der Waals surface area (Å²) in [7, 11) is 9.78. The molecular formula is C26H46Cl2N2STi-2. The van der Waals surface area contributed by atoms with Gasteiger partial charge in [-0.25, -0.2) is 0 Å². The van der Waals surface area contributed by atoms with E-state index in [2.05, 4.69) is 25.6 Å². The van der Waals surface area contributed by atoms with Gasteiger partial charge in [0.15, 0.2) is 0 Å². The van der Waals surface area contributed by atoms with Crippen LogP contribution in [0.1, 0.15) is 117 Å². The molecule has 6 heteroatoms. The van der Waals surface area contributed by atoms with Gasteiger partial charge in [0.1, 0.15) is 0 Å². The molecule has 4 saturated carbocycles. The zero-order chi connectivity index (χ0) is 22.8. The fourth-order valence-corrected chi connectivity index (χ4v) is 8.40. The fraction of sp³-hybridized carbons (Fsp3) is 1.00. The molecule has 4 aliphatic carbocycles. The molecular weight excluding hydrogens is 491 g/mol. The molecule has 0 amide bonds. The molecule has 2 nitrogen and oxygen atoms in total. The summed E-state index contributed by atoms with van der Waals surface area (Å²) in [6, 6.07) is 2.58. The Hall–Kier alpha value is 1.56. The Balaban J connectivity index is 0.000000913. The summed E-state index contributed by atoms with van der Waals surface area (Å²) >= 11 is 1.79. The first-order chi connectivity index (χ1) is 15.6. The van der Waals surface area contributed by atoms with Gasteiger partial charge in [-0.3, -0.25) is 0 Å². The molecule has 8 unspecified atom stereocenters. The van der Waals surface area contributed by atoms with Gasteiger partial charge in [0, 0.05) is 0 Å². The van der Waals surface area contributed by atoms with Crippen LogP contribution in [0, 0.1) is 11.8 Å². The third-order valence-corrected chi connectivity index (χ3v) is 10.4. The van der Waals surface area contributed by atoms with Crippen molar-refractivity contribution >= 4 is 30.4 Å². The Morgan fingerprint density at radius 2 is 0.844 bits per heavy atom. The standard InChI is InChI=1S/C26H46N2S.2ClH.Ti/c1-19-11-3-5-13-21(19)27-23-15-7-9-17-25(23)29-26-18-10-8-16-24(26)28-22-14-6-4-12-20(22)2;;;/h19-26H,3-18H2,1-2H3;2*1H;/q-2;;;+2/p-2. The first-order valence-corrected chi connectivity index (χ1v) is 18.9. The number of nitrogens with zero attached hydrogens (tertiary/aromatic N) is 2. The Morgan fingerprint density at radius 1 is 0.531 bits per heavy atom. The Morgan fingerprint density at radius 3 is 1.22 bits per heavy atom. The van der Waals surface area contributed by atoms with Crippen LogP contribution in [0.5, 0.6) is 0 Å². The maximum atomic E-state index is 5.52. The zero-order valence-electron chi connectivity index (χ0n) is 20.5.